The number of fused-ring (bicyclic) bond motifs is 1. The SMILES string of the molecule is CC(C)CC(c1ccc(C(=O)NCCC(=O)O)cc1)C(c1ccc(Cl)cc1)c1ccc(F)c2ccccc12. The highest BCUT2D eigenvalue weighted by atomic mass is 35.5. The van der Waals surface area contributed by atoms with Crippen LogP contribution in [0.2, 0.25) is 5.02 Å². The van der Waals surface area contributed by atoms with Gasteiger partial charge in [0, 0.05) is 28.4 Å². The van der Waals surface area contributed by atoms with Crippen LogP contribution < -0.4 is 5.32 Å². The van der Waals surface area contributed by atoms with E-state index in [0.717, 1.165) is 28.5 Å². The highest BCUT2D eigenvalue weighted by molar-refractivity contribution is 6.30. The number of halogens is 2. The Bertz CT molecular complexity index is 1420. The lowest BCUT2D eigenvalue weighted by molar-refractivity contribution is -0.136. The lowest BCUT2D eigenvalue weighted by Crippen LogP contribution is -2.26. The van der Waals surface area contributed by atoms with Crippen molar-refractivity contribution in [2.75, 3.05) is 6.54 Å². The van der Waals surface area contributed by atoms with E-state index in [-0.39, 0.29) is 36.5 Å². The highest BCUT2D eigenvalue weighted by Crippen LogP contribution is 2.45. The predicted octanol–water partition coefficient (Wildman–Crippen LogP) is 7.80. The normalized spacial score (nSPS) is 12.9. The summed E-state index contributed by atoms with van der Waals surface area (Å²) in [4.78, 5) is 23.3. The van der Waals surface area contributed by atoms with Gasteiger partial charge in [0.15, 0.2) is 0 Å². The van der Waals surface area contributed by atoms with Gasteiger partial charge in [-0.15, -0.1) is 0 Å². The van der Waals surface area contributed by atoms with Gasteiger partial charge in [0.25, 0.3) is 5.91 Å². The number of carbonyl (C=O) groups is 2. The second-order valence-electron chi connectivity index (χ2n) is 9.97. The second-order valence-corrected chi connectivity index (χ2v) is 10.4. The van der Waals surface area contributed by atoms with Crippen LogP contribution in [0.15, 0.2) is 84.9 Å². The first kappa shape index (κ1) is 27.3. The summed E-state index contributed by atoms with van der Waals surface area (Å²) in [5, 5.41) is 13.6. The van der Waals surface area contributed by atoms with Crippen LogP contribution >= 0.6 is 11.6 Å². The molecule has 2 N–H and O–H groups in total. The van der Waals surface area contributed by atoms with Crippen molar-refractivity contribution >= 4 is 34.2 Å². The van der Waals surface area contributed by atoms with Crippen LogP contribution in [0.4, 0.5) is 4.39 Å². The van der Waals surface area contributed by atoms with Gasteiger partial charge in [-0.25, -0.2) is 4.39 Å². The van der Waals surface area contributed by atoms with Crippen LogP contribution in [0.5, 0.6) is 0 Å². The van der Waals surface area contributed by atoms with Crippen LogP contribution in [-0.2, 0) is 4.79 Å². The maximum atomic E-state index is 14.8. The van der Waals surface area contributed by atoms with E-state index in [4.69, 9.17) is 16.7 Å². The quantitative estimate of drug-likeness (QED) is 0.219. The van der Waals surface area contributed by atoms with Gasteiger partial charge in [0.1, 0.15) is 5.82 Å². The molecule has 4 rings (SSSR count). The number of hydrogen-bond donors (Lipinski definition) is 2. The zero-order valence-electron chi connectivity index (χ0n) is 21.5. The van der Waals surface area contributed by atoms with E-state index in [1.54, 1.807) is 12.1 Å². The fraction of sp³-hybridized carbons (Fsp3) is 0.250. The Morgan fingerprint density at radius 3 is 2.13 bits per heavy atom. The topological polar surface area (TPSA) is 66.4 Å². The second kappa shape index (κ2) is 12.2. The van der Waals surface area contributed by atoms with Crippen LogP contribution in [-0.4, -0.2) is 23.5 Å². The van der Waals surface area contributed by atoms with E-state index in [2.05, 4.69) is 19.2 Å². The molecule has 0 bridgehead atoms. The Kier molecular flexibility index (Phi) is 8.80. The van der Waals surface area contributed by atoms with Crippen molar-refractivity contribution in [3.63, 3.8) is 0 Å². The first-order chi connectivity index (χ1) is 18.2. The van der Waals surface area contributed by atoms with Crippen molar-refractivity contribution in [3.05, 3.63) is 118 Å². The molecule has 4 nitrogen and oxygen atoms in total. The average Bonchev–Trinajstić information content (AvgIpc) is 2.90. The van der Waals surface area contributed by atoms with Crippen molar-refractivity contribution in [1.82, 2.24) is 5.32 Å². The Balaban J connectivity index is 1.79. The molecule has 0 radical (unpaired) electrons. The molecule has 0 aliphatic carbocycles. The fourth-order valence-electron chi connectivity index (χ4n) is 5.09. The molecule has 0 fully saturated rings. The average molecular weight is 532 g/mol. The third-order valence-electron chi connectivity index (χ3n) is 6.82. The molecule has 0 aliphatic heterocycles. The van der Waals surface area contributed by atoms with Crippen LogP contribution in [0.1, 0.15) is 65.6 Å². The maximum absolute atomic E-state index is 14.8. The Hall–Kier alpha value is -3.70. The molecule has 38 heavy (non-hydrogen) atoms. The first-order valence-electron chi connectivity index (χ1n) is 12.8. The summed E-state index contributed by atoms with van der Waals surface area (Å²) < 4.78 is 14.8. The number of carbonyl (C=O) groups excluding carboxylic acids is 1. The summed E-state index contributed by atoms with van der Waals surface area (Å²) in [6.07, 6.45) is 0.734. The number of carboxylic acid groups (broad SMARTS) is 1. The summed E-state index contributed by atoms with van der Waals surface area (Å²) in [7, 11) is 0. The maximum Gasteiger partial charge on any atom is 0.305 e. The first-order valence-corrected chi connectivity index (χ1v) is 13.1. The Morgan fingerprint density at radius 1 is 0.868 bits per heavy atom. The molecule has 4 aromatic carbocycles. The Labute approximate surface area is 227 Å². The summed E-state index contributed by atoms with van der Waals surface area (Å²) in [5.41, 5.74) is 3.64. The lowest BCUT2D eigenvalue weighted by atomic mass is 9.72. The molecule has 0 aromatic heterocycles. The molecule has 6 heteroatoms. The molecule has 0 aliphatic rings. The van der Waals surface area contributed by atoms with Crippen molar-refractivity contribution in [1.29, 1.82) is 0 Å². The number of benzene rings is 4. The molecule has 4 aromatic rings. The van der Waals surface area contributed by atoms with Crippen LogP contribution in [0.3, 0.4) is 0 Å². The lowest BCUT2D eigenvalue weighted by Gasteiger charge is -2.31. The molecule has 196 valence electrons. The van der Waals surface area contributed by atoms with Crippen LogP contribution in [0.25, 0.3) is 10.8 Å². The molecular weight excluding hydrogens is 501 g/mol. The minimum atomic E-state index is -0.960. The van der Waals surface area contributed by atoms with Gasteiger partial charge >= 0.3 is 5.97 Å². The van der Waals surface area contributed by atoms with Gasteiger partial charge in [-0.1, -0.05) is 80.0 Å². The Morgan fingerprint density at radius 2 is 1.50 bits per heavy atom. The molecule has 2 unspecified atom stereocenters. The van der Waals surface area contributed by atoms with E-state index in [1.165, 1.54) is 6.07 Å². The molecule has 0 spiro atoms. The third-order valence-corrected chi connectivity index (χ3v) is 7.07. The van der Waals surface area contributed by atoms with E-state index in [0.29, 0.717) is 21.9 Å². The number of nitrogens with one attached hydrogen (secondary N) is 1. The van der Waals surface area contributed by atoms with Gasteiger partial charge in [-0.3, -0.25) is 9.59 Å². The molecule has 0 saturated carbocycles. The van der Waals surface area contributed by atoms with Crippen molar-refractivity contribution in [2.24, 2.45) is 5.92 Å². The van der Waals surface area contributed by atoms with E-state index in [9.17, 15) is 14.0 Å². The standard InChI is InChI=1S/C32H31ClFNO3/c1-20(2)19-28(21-7-9-23(10-8-21)32(38)35-18-17-30(36)37)31(22-11-13-24(33)14-12-22)27-15-16-29(34)26-6-4-3-5-25(26)27/h3-16,20,28,31H,17-19H2,1-2H3,(H,35,38)(H,36,37). The van der Waals surface area contributed by atoms with Gasteiger partial charge < -0.3 is 10.4 Å². The van der Waals surface area contributed by atoms with E-state index in [1.807, 2.05) is 66.7 Å². The smallest absolute Gasteiger partial charge is 0.305 e. The summed E-state index contributed by atoms with van der Waals surface area (Å²) in [6, 6.07) is 26.3. The van der Waals surface area contributed by atoms with Gasteiger partial charge in [0.05, 0.1) is 6.42 Å². The van der Waals surface area contributed by atoms with Crippen LogP contribution in [0, 0.1) is 11.7 Å². The highest BCUT2D eigenvalue weighted by Gasteiger charge is 2.29. The van der Waals surface area contributed by atoms with Crippen molar-refractivity contribution < 1.29 is 19.1 Å². The molecule has 0 saturated heterocycles. The van der Waals surface area contributed by atoms with E-state index >= 15 is 0 Å². The number of hydrogen-bond acceptors (Lipinski definition) is 2. The predicted molar refractivity (Wildman–Crippen MR) is 150 cm³/mol. The van der Waals surface area contributed by atoms with Crippen molar-refractivity contribution in [2.45, 2.75) is 38.5 Å². The third kappa shape index (κ3) is 6.40. The molecule has 1 amide bonds. The minimum Gasteiger partial charge on any atom is -0.481 e. The van der Waals surface area contributed by atoms with Gasteiger partial charge in [-0.2, -0.15) is 0 Å². The molecular formula is C32H31ClFNO3. The van der Waals surface area contributed by atoms with E-state index < -0.39 is 5.97 Å². The zero-order valence-corrected chi connectivity index (χ0v) is 22.2. The summed E-state index contributed by atoms with van der Waals surface area (Å²) in [5.74, 6) is -1.20. The number of rotatable bonds is 10. The number of aliphatic carboxylic acids is 1. The number of carboxylic acids is 1. The number of amides is 1. The summed E-state index contributed by atoms with van der Waals surface area (Å²) >= 11 is 6.24. The van der Waals surface area contributed by atoms with Gasteiger partial charge in [-0.05, 0) is 70.7 Å². The fourth-order valence-corrected chi connectivity index (χ4v) is 5.22. The molecule has 2 atom stereocenters. The summed E-state index contributed by atoms with van der Waals surface area (Å²) in [6.45, 7) is 4.43. The zero-order chi connectivity index (χ0) is 27.2. The van der Waals surface area contributed by atoms with Gasteiger partial charge in [0.2, 0.25) is 0 Å². The minimum absolute atomic E-state index is 0.0363. The monoisotopic (exact) mass is 531 g/mol. The van der Waals surface area contributed by atoms with Crippen molar-refractivity contribution in [3.8, 4) is 0 Å². The largest absolute Gasteiger partial charge is 0.481 e. The molecule has 0 heterocycles.